The molecule has 0 aliphatic carbocycles. The standard InChI is InChI=1S/C17H19ClFNO/c1-12(13-7-8-17(19)16(18)9-13)20-10-14-5-3-4-6-15(14)11-21-2/h3-9,12,20H,10-11H2,1-2H3. The first-order valence-corrected chi connectivity index (χ1v) is 7.23. The molecule has 0 spiro atoms. The summed E-state index contributed by atoms with van der Waals surface area (Å²) in [6.07, 6.45) is 0. The average molecular weight is 308 g/mol. The fourth-order valence-electron chi connectivity index (χ4n) is 2.19. The van der Waals surface area contributed by atoms with Crippen molar-refractivity contribution in [2.75, 3.05) is 7.11 Å². The summed E-state index contributed by atoms with van der Waals surface area (Å²) in [7, 11) is 1.69. The van der Waals surface area contributed by atoms with E-state index >= 15 is 0 Å². The summed E-state index contributed by atoms with van der Waals surface area (Å²) in [5.41, 5.74) is 3.32. The highest BCUT2D eigenvalue weighted by Gasteiger charge is 2.09. The van der Waals surface area contributed by atoms with Crippen LogP contribution in [-0.4, -0.2) is 7.11 Å². The predicted molar refractivity (Wildman–Crippen MR) is 83.8 cm³/mol. The normalized spacial score (nSPS) is 12.4. The third-order valence-corrected chi connectivity index (χ3v) is 3.75. The van der Waals surface area contributed by atoms with Crippen LogP contribution in [0, 0.1) is 5.82 Å². The number of nitrogens with one attached hydrogen (secondary N) is 1. The van der Waals surface area contributed by atoms with E-state index in [0.29, 0.717) is 6.61 Å². The smallest absolute Gasteiger partial charge is 0.141 e. The highest BCUT2D eigenvalue weighted by atomic mass is 35.5. The van der Waals surface area contributed by atoms with Crippen LogP contribution in [0.1, 0.15) is 29.7 Å². The molecule has 1 atom stereocenters. The molecule has 0 radical (unpaired) electrons. The molecule has 0 aromatic heterocycles. The zero-order valence-electron chi connectivity index (χ0n) is 12.2. The average Bonchev–Trinajstić information content (AvgIpc) is 2.49. The van der Waals surface area contributed by atoms with Gasteiger partial charge in [-0.15, -0.1) is 0 Å². The van der Waals surface area contributed by atoms with Crippen molar-refractivity contribution in [3.63, 3.8) is 0 Å². The van der Waals surface area contributed by atoms with Gasteiger partial charge in [-0.2, -0.15) is 0 Å². The quantitative estimate of drug-likeness (QED) is 0.850. The van der Waals surface area contributed by atoms with Crippen molar-refractivity contribution in [2.45, 2.75) is 26.1 Å². The maximum absolute atomic E-state index is 13.2. The maximum Gasteiger partial charge on any atom is 0.141 e. The predicted octanol–water partition coefficient (Wildman–Crippen LogP) is 4.48. The third kappa shape index (κ3) is 4.27. The van der Waals surface area contributed by atoms with E-state index < -0.39 is 5.82 Å². The summed E-state index contributed by atoms with van der Waals surface area (Å²) in [5.74, 6) is -0.391. The van der Waals surface area contributed by atoms with Crippen molar-refractivity contribution in [3.05, 3.63) is 70.0 Å². The van der Waals surface area contributed by atoms with Crippen LogP contribution < -0.4 is 5.32 Å². The summed E-state index contributed by atoms with van der Waals surface area (Å²) >= 11 is 5.82. The lowest BCUT2D eigenvalue weighted by Crippen LogP contribution is -2.19. The molecule has 21 heavy (non-hydrogen) atoms. The Morgan fingerprint density at radius 3 is 2.57 bits per heavy atom. The second-order valence-electron chi connectivity index (χ2n) is 4.98. The van der Waals surface area contributed by atoms with E-state index in [0.717, 1.165) is 17.7 Å². The van der Waals surface area contributed by atoms with E-state index in [4.69, 9.17) is 16.3 Å². The van der Waals surface area contributed by atoms with E-state index in [2.05, 4.69) is 17.4 Å². The molecule has 0 saturated heterocycles. The molecule has 0 fully saturated rings. The van der Waals surface area contributed by atoms with Crippen molar-refractivity contribution in [1.82, 2.24) is 5.32 Å². The Kier molecular flexibility index (Phi) is 5.74. The molecule has 4 heteroatoms. The second kappa shape index (κ2) is 7.55. The molecule has 0 bridgehead atoms. The molecular weight excluding hydrogens is 289 g/mol. The number of hydrogen-bond donors (Lipinski definition) is 1. The Morgan fingerprint density at radius 2 is 1.90 bits per heavy atom. The lowest BCUT2D eigenvalue weighted by molar-refractivity contribution is 0.184. The highest BCUT2D eigenvalue weighted by molar-refractivity contribution is 6.30. The van der Waals surface area contributed by atoms with Gasteiger partial charge in [-0.05, 0) is 35.7 Å². The van der Waals surface area contributed by atoms with Crippen molar-refractivity contribution < 1.29 is 9.13 Å². The van der Waals surface area contributed by atoms with Crippen LogP contribution in [0.15, 0.2) is 42.5 Å². The van der Waals surface area contributed by atoms with Crippen molar-refractivity contribution in [2.24, 2.45) is 0 Å². The Balaban J connectivity index is 2.03. The van der Waals surface area contributed by atoms with Gasteiger partial charge < -0.3 is 10.1 Å². The first kappa shape index (κ1) is 16.0. The maximum atomic E-state index is 13.2. The zero-order chi connectivity index (χ0) is 15.2. The Bertz CT molecular complexity index is 603. The summed E-state index contributed by atoms with van der Waals surface area (Å²) in [4.78, 5) is 0. The lowest BCUT2D eigenvalue weighted by Gasteiger charge is -2.16. The molecule has 2 rings (SSSR count). The largest absolute Gasteiger partial charge is 0.380 e. The molecule has 0 aliphatic heterocycles. The minimum absolute atomic E-state index is 0.0821. The van der Waals surface area contributed by atoms with Gasteiger partial charge in [-0.1, -0.05) is 41.9 Å². The highest BCUT2D eigenvalue weighted by Crippen LogP contribution is 2.21. The minimum atomic E-state index is -0.391. The van der Waals surface area contributed by atoms with Gasteiger partial charge in [0.05, 0.1) is 11.6 Å². The Hall–Kier alpha value is -1.42. The molecule has 2 nitrogen and oxygen atoms in total. The van der Waals surface area contributed by atoms with Crippen LogP contribution in [0.2, 0.25) is 5.02 Å². The van der Waals surface area contributed by atoms with E-state index in [-0.39, 0.29) is 11.1 Å². The Labute approximate surface area is 129 Å². The van der Waals surface area contributed by atoms with Crippen LogP contribution in [0.3, 0.4) is 0 Å². The molecular formula is C17H19ClFNO. The first-order valence-electron chi connectivity index (χ1n) is 6.86. The Morgan fingerprint density at radius 1 is 1.19 bits per heavy atom. The number of benzene rings is 2. The molecule has 0 aliphatic rings. The zero-order valence-corrected chi connectivity index (χ0v) is 13.0. The van der Waals surface area contributed by atoms with E-state index in [1.165, 1.54) is 11.6 Å². The number of methoxy groups -OCH3 is 1. The number of halogens is 2. The van der Waals surface area contributed by atoms with E-state index in [1.807, 2.05) is 19.1 Å². The van der Waals surface area contributed by atoms with Gasteiger partial charge in [-0.3, -0.25) is 0 Å². The fraction of sp³-hybridized carbons (Fsp3) is 0.294. The van der Waals surface area contributed by atoms with Gasteiger partial charge in [0.25, 0.3) is 0 Å². The summed E-state index contributed by atoms with van der Waals surface area (Å²) in [6.45, 7) is 3.34. The second-order valence-corrected chi connectivity index (χ2v) is 5.39. The van der Waals surface area contributed by atoms with Gasteiger partial charge in [0.1, 0.15) is 5.82 Å². The van der Waals surface area contributed by atoms with Crippen LogP contribution in [0.4, 0.5) is 4.39 Å². The SMILES string of the molecule is COCc1ccccc1CNC(C)c1ccc(F)c(Cl)c1. The third-order valence-electron chi connectivity index (χ3n) is 3.46. The van der Waals surface area contributed by atoms with Gasteiger partial charge in [0.15, 0.2) is 0 Å². The van der Waals surface area contributed by atoms with Crippen molar-refractivity contribution in [1.29, 1.82) is 0 Å². The molecule has 0 heterocycles. The van der Waals surface area contributed by atoms with Crippen LogP contribution in [0.25, 0.3) is 0 Å². The number of hydrogen-bond acceptors (Lipinski definition) is 2. The topological polar surface area (TPSA) is 21.3 Å². The van der Waals surface area contributed by atoms with E-state index in [9.17, 15) is 4.39 Å². The molecule has 2 aromatic carbocycles. The van der Waals surface area contributed by atoms with Crippen molar-refractivity contribution in [3.8, 4) is 0 Å². The molecule has 0 amide bonds. The van der Waals surface area contributed by atoms with Gasteiger partial charge in [0.2, 0.25) is 0 Å². The van der Waals surface area contributed by atoms with E-state index in [1.54, 1.807) is 19.2 Å². The molecule has 112 valence electrons. The van der Waals surface area contributed by atoms with Gasteiger partial charge in [0, 0.05) is 19.7 Å². The molecule has 1 N–H and O–H groups in total. The van der Waals surface area contributed by atoms with Gasteiger partial charge in [-0.25, -0.2) is 4.39 Å². The summed E-state index contributed by atoms with van der Waals surface area (Å²) < 4.78 is 18.4. The molecule has 2 aromatic rings. The molecule has 0 saturated carbocycles. The number of ether oxygens (including phenoxy) is 1. The monoisotopic (exact) mass is 307 g/mol. The lowest BCUT2D eigenvalue weighted by atomic mass is 10.1. The van der Waals surface area contributed by atoms with Gasteiger partial charge >= 0.3 is 0 Å². The summed E-state index contributed by atoms with van der Waals surface area (Å²) in [6, 6.07) is 13.0. The molecule has 1 unspecified atom stereocenters. The van der Waals surface area contributed by atoms with Crippen molar-refractivity contribution >= 4 is 11.6 Å². The first-order chi connectivity index (χ1) is 10.1. The summed E-state index contributed by atoms with van der Waals surface area (Å²) in [5, 5.41) is 3.58. The van der Waals surface area contributed by atoms with Crippen LogP contribution in [0.5, 0.6) is 0 Å². The van der Waals surface area contributed by atoms with Crippen LogP contribution >= 0.6 is 11.6 Å². The van der Waals surface area contributed by atoms with Crippen LogP contribution in [-0.2, 0) is 17.9 Å². The fourth-order valence-corrected chi connectivity index (χ4v) is 2.38. The minimum Gasteiger partial charge on any atom is -0.380 e. The number of rotatable bonds is 6.